The lowest BCUT2D eigenvalue weighted by Gasteiger charge is -2.35. The van der Waals surface area contributed by atoms with E-state index in [0.29, 0.717) is 18.4 Å². The Bertz CT molecular complexity index is 742. The molecule has 1 fully saturated rings. The predicted molar refractivity (Wildman–Crippen MR) is 101 cm³/mol. The van der Waals surface area contributed by atoms with Gasteiger partial charge in [-0.1, -0.05) is 19.9 Å². The number of hydrogen-bond acceptors (Lipinski definition) is 3. The van der Waals surface area contributed by atoms with Gasteiger partial charge in [0, 0.05) is 42.1 Å². The summed E-state index contributed by atoms with van der Waals surface area (Å²) in [6.07, 6.45) is 3.04. The largest absolute Gasteiger partial charge is 0.381 e. The van der Waals surface area contributed by atoms with Crippen molar-refractivity contribution in [3.63, 3.8) is 0 Å². The van der Waals surface area contributed by atoms with Gasteiger partial charge in [0.1, 0.15) is 0 Å². The van der Waals surface area contributed by atoms with Crippen LogP contribution in [0.2, 0.25) is 0 Å². The summed E-state index contributed by atoms with van der Waals surface area (Å²) in [5.41, 5.74) is 5.10. The highest BCUT2D eigenvalue weighted by Crippen LogP contribution is 2.24. The van der Waals surface area contributed by atoms with E-state index in [1.807, 2.05) is 36.2 Å². The number of carbonyl (C=O) groups excluding carboxylic acids is 1. The molecule has 0 aliphatic carbocycles. The van der Waals surface area contributed by atoms with Gasteiger partial charge in [-0.2, -0.15) is 5.10 Å². The van der Waals surface area contributed by atoms with E-state index in [9.17, 15) is 4.79 Å². The number of benzene rings is 1. The zero-order valence-corrected chi connectivity index (χ0v) is 15.6. The highest BCUT2D eigenvalue weighted by molar-refractivity contribution is 5.95. The SMILES string of the molecule is Cc1ccc(C(=O)N2CC(C)CC(C)C2)cc1NCc1cn[nH]c1C. The number of carbonyl (C=O) groups is 1. The molecule has 2 aromatic rings. The number of H-pyrrole nitrogens is 1. The van der Waals surface area contributed by atoms with Crippen molar-refractivity contribution in [2.75, 3.05) is 18.4 Å². The van der Waals surface area contributed by atoms with Crippen molar-refractivity contribution in [1.29, 1.82) is 0 Å². The second kappa shape index (κ2) is 7.30. The van der Waals surface area contributed by atoms with Gasteiger partial charge in [-0.15, -0.1) is 0 Å². The first-order chi connectivity index (χ1) is 11.9. The van der Waals surface area contributed by atoms with Gasteiger partial charge in [0.25, 0.3) is 5.91 Å². The minimum atomic E-state index is 0.140. The summed E-state index contributed by atoms with van der Waals surface area (Å²) in [6.45, 7) is 10.9. The normalized spacial score (nSPS) is 20.6. The Balaban J connectivity index is 1.74. The van der Waals surface area contributed by atoms with Crippen LogP contribution in [0.5, 0.6) is 0 Å². The van der Waals surface area contributed by atoms with Gasteiger partial charge in [0.15, 0.2) is 0 Å². The molecule has 0 saturated carbocycles. The lowest BCUT2D eigenvalue weighted by atomic mass is 9.91. The van der Waals surface area contributed by atoms with Gasteiger partial charge in [-0.25, -0.2) is 0 Å². The van der Waals surface area contributed by atoms with Crippen LogP contribution in [0.1, 0.15) is 47.4 Å². The summed E-state index contributed by atoms with van der Waals surface area (Å²) in [6, 6.07) is 5.95. The summed E-state index contributed by atoms with van der Waals surface area (Å²) in [5, 5.41) is 10.4. The molecule has 2 unspecified atom stereocenters. The monoisotopic (exact) mass is 340 g/mol. The number of aromatic nitrogens is 2. The Labute approximate surface area is 149 Å². The number of nitrogens with one attached hydrogen (secondary N) is 2. The maximum Gasteiger partial charge on any atom is 0.253 e. The molecule has 3 rings (SSSR count). The molecule has 0 bridgehead atoms. The van der Waals surface area contributed by atoms with Crippen molar-refractivity contribution in [3.8, 4) is 0 Å². The number of nitrogens with zero attached hydrogens (tertiary/aromatic N) is 2. The fourth-order valence-corrected chi connectivity index (χ4v) is 3.70. The van der Waals surface area contributed by atoms with Gasteiger partial charge in [-0.3, -0.25) is 9.89 Å². The molecule has 1 aromatic carbocycles. The summed E-state index contributed by atoms with van der Waals surface area (Å²) >= 11 is 0. The molecular formula is C20H28N4O. The van der Waals surface area contributed by atoms with Gasteiger partial charge in [0.05, 0.1) is 6.20 Å². The minimum absolute atomic E-state index is 0.140. The van der Waals surface area contributed by atoms with Crippen molar-refractivity contribution in [1.82, 2.24) is 15.1 Å². The molecule has 2 heterocycles. The fourth-order valence-electron chi connectivity index (χ4n) is 3.70. The van der Waals surface area contributed by atoms with E-state index in [2.05, 4.69) is 36.3 Å². The summed E-state index contributed by atoms with van der Waals surface area (Å²) in [5.74, 6) is 1.28. The van der Waals surface area contributed by atoms with E-state index in [4.69, 9.17) is 0 Å². The Morgan fingerprint density at radius 2 is 2.00 bits per heavy atom. The Hall–Kier alpha value is -2.30. The standard InChI is InChI=1S/C20H28N4O/c1-13-7-14(2)12-24(11-13)20(25)17-6-5-15(3)19(8-17)21-9-18-10-22-23-16(18)4/h5-6,8,10,13-14,21H,7,9,11-12H2,1-4H3,(H,22,23). The number of hydrogen-bond donors (Lipinski definition) is 2. The van der Waals surface area contributed by atoms with Crippen LogP contribution in [0, 0.1) is 25.7 Å². The van der Waals surface area contributed by atoms with Crippen LogP contribution in [0.4, 0.5) is 5.69 Å². The third-order valence-corrected chi connectivity index (χ3v) is 5.04. The fraction of sp³-hybridized carbons (Fsp3) is 0.500. The van der Waals surface area contributed by atoms with Crippen LogP contribution in [0.3, 0.4) is 0 Å². The molecule has 5 heteroatoms. The summed E-state index contributed by atoms with van der Waals surface area (Å²) in [4.78, 5) is 14.9. The molecule has 1 aliphatic heterocycles. The second-order valence-electron chi connectivity index (χ2n) is 7.56. The van der Waals surface area contributed by atoms with Crippen molar-refractivity contribution in [2.24, 2.45) is 11.8 Å². The highest BCUT2D eigenvalue weighted by Gasteiger charge is 2.26. The van der Waals surface area contributed by atoms with Crippen LogP contribution in [0.15, 0.2) is 24.4 Å². The number of aromatic amines is 1. The predicted octanol–water partition coefficient (Wildman–Crippen LogP) is 3.76. The lowest BCUT2D eigenvalue weighted by molar-refractivity contribution is 0.0623. The van der Waals surface area contributed by atoms with Crippen LogP contribution in [0.25, 0.3) is 0 Å². The van der Waals surface area contributed by atoms with Crippen molar-refractivity contribution in [3.05, 3.63) is 46.8 Å². The smallest absolute Gasteiger partial charge is 0.253 e. The molecule has 1 amide bonds. The number of piperidine rings is 1. The highest BCUT2D eigenvalue weighted by atomic mass is 16.2. The van der Waals surface area contributed by atoms with E-state index < -0.39 is 0 Å². The van der Waals surface area contributed by atoms with E-state index in [0.717, 1.165) is 41.2 Å². The maximum absolute atomic E-state index is 12.9. The first-order valence-corrected chi connectivity index (χ1v) is 9.06. The lowest BCUT2D eigenvalue weighted by Crippen LogP contribution is -2.42. The summed E-state index contributed by atoms with van der Waals surface area (Å²) in [7, 11) is 0. The van der Waals surface area contributed by atoms with Gasteiger partial charge in [0.2, 0.25) is 0 Å². The molecule has 2 atom stereocenters. The van der Waals surface area contributed by atoms with E-state index in [1.165, 1.54) is 6.42 Å². The minimum Gasteiger partial charge on any atom is -0.381 e. The molecule has 5 nitrogen and oxygen atoms in total. The quantitative estimate of drug-likeness (QED) is 0.891. The zero-order chi connectivity index (χ0) is 18.0. The Morgan fingerprint density at radius 1 is 1.28 bits per heavy atom. The average molecular weight is 340 g/mol. The van der Waals surface area contributed by atoms with Crippen LogP contribution >= 0.6 is 0 Å². The third-order valence-electron chi connectivity index (χ3n) is 5.04. The van der Waals surface area contributed by atoms with Crippen LogP contribution < -0.4 is 5.32 Å². The van der Waals surface area contributed by atoms with Gasteiger partial charge in [-0.05, 0) is 49.8 Å². The third kappa shape index (κ3) is 4.03. The van der Waals surface area contributed by atoms with Gasteiger partial charge < -0.3 is 10.2 Å². The maximum atomic E-state index is 12.9. The molecule has 1 aliphatic rings. The van der Waals surface area contributed by atoms with E-state index in [1.54, 1.807) is 0 Å². The molecule has 25 heavy (non-hydrogen) atoms. The van der Waals surface area contributed by atoms with Crippen LogP contribution in [-0.4, -0.2) is 34.1 Å². The van der Waals surface area contributed by atoms with Crippen LogP contribution in [-0.2, 0) is 6.54 Å². The van der Waals surface area contributed by atoms with Crippen molar-refractivity contribution in [2.45, 2.75) is 40.7 Å². The average Bonchev–Trinajstić information content (AvgIpc) is 2.97. The number of likely N-dealkylation sites (tertiary alicyclic amines) is 1. The van der Waals surface area contributed by atoms with E-state index >= 15 is 0 Å². The van der Waals surface area contributed by atoms with Crippen molar-refractivity contribution >= 4 is 11.6 Å². The van der Waals surface area contributed by atoms with Gasteiger partial charge >= 0.3 is 0 Å². The molecule has 0 spiro atoms. The number of aryl methyl sites for hydroxylation is 2. The first kappa shape index (κ1) is 17.5. The Morgan fingerprint density at radius 3 is 2.64 bits per heavy atom. The Kier molecular flexibility index (Phi) is 5.11. The second-order valence-corrected chi connectivity index (χ2v) is 7.56. The molecule has 1 saturated heterocycles. The van der Waals surface area contributed by atoms with Crippen molar-refractivity contribution < 1.29 is 4.79 Å². The topological polar surface area (TPSA) is 61.0 Å². The molecule has 134 valence electrons. The summed E-state index contributed by atoms with van der Waals surface area (Å²) < 4.78 is 0. The molecule has 1 aromatic heterocycles. The molecular weight excluding hydrogens is 312 g/mol. The number of amides is 1. The molecule has 2 N–H and O–H groups in total. The zero-order valence-electron chi connectivity index (χ0n) is 15.6. The molecule has 0 radical (unpaired) electrons. The number of anilines is 1. The first-order valence-electron chi connectivity index (χ1n) is 9.06. The van der Waals surface area contributed by atoms with E-state index in [-0.39, 0.29) is 5.91 Å². The number of rotatable bonds is 4.